The van der Waals surface area contributed by atoms with Crippen LogP contribution >= 0.6 is 0 Å². The third-order valence-electron chi connectivity index (χ3n) is 4.60. The molecular weight excluding hydrogens is 374 g/mol. The molecule has 148 valence electrons. The Morgan fingerprint density at radius 2 is 1.87 bits per heavy atom. The highest BCUT2D eigenvalue weighted by Crippen LogP contribution is 2.20. The van der Waals surface area contributed by atoms with Gasteiger partial charge in [-0.25, -0.2) is 5.43 Å². The SMILES string of the molecule is Cc1ccc(C(=O)N/N=C\c2cn(Cc3ccccc3)nc2-c2cccnc2)cc1. The molecule has 0 spiro atoms. The first-order valence-corrected chi connectivity index (χ1v) is 9.61. The minimum absolute atomic E-state index is 0.258. The number of amides is 1. The van der Waals surface area contributed by atoms with Gasteiger partial charge in [-0.15, -0.1) is 0 Å². The lowest BCUT2D eigenvalue weighted by atomic mass is 10.1. The van der Waals surface area contributed by atoms with Crippen molar-refractivity contribution in [3.63, 3.8) is 0 Å². The van der Waals surface area contributed by atoms with Crippen molar-refractivity contribution in [3.05, 3.63) is 108 Å². The fourth-order valence-electron chi connectivity index (χ4n) is 3.04. The molecule has 0 aliphatic heterocycles. The zero-order chi connectivity index (χ0) is 20.8. The van der Waals surface area contributed by atoms with E-state index in [1.807, 2.05) is 60.3 Å². The number of hydrazone groups is 1. The summed E-state index contributed by atoms with van der Waals surface area (Å²) in [5.74, 6) is -0.258. The maximum atomic E-state index is 12.3. The number of nitrogens with zero attached hydrogens (tertiary/aromatic N) is 4. The fourth-order valence-corrected chi connectivity index (χ4v) is 3.04. The summed E-state index contributed by atoms with van der Waals surface area (Å²) in [6, 6.07) is 21.3. The molecule has 0 radical (unpaired) electrons. The van der Waals surface area contributed by atoms with Crippen LogP contribution in [0.2, 0.25) is 0 Å². The van der Waals surface area contributed by atoms with Crippen LogP contribution in [0.5, 0.6) is 0 Å². The van der Waals surface area contributed by atoms with Gasteiger partial charge in [-0.1, -0.05) is 48.0 Å². The van der Waals surface area contributed by atoms with Crippen LogP contribution in [0, 0.1) is 6.92 Å². The van der Waals surface area contributed by atoms with E-state index in [9.17, 15) is 4.79 Å². The van der Waals surface area contributed by atoms with Crippen LogP contribution in [0.15, 0.2) is 90.4 Å². The monoisotopic (exact) mass is 395 g/mol. The molecule has 0 fully saturated rings. The van der Waals surface area contributed by atoms with Gasteiger partial charge < -0.3 is 0 Å². The van der Waals surface area contributed by atoms with E-state index in [1.54, 1.807) is 30.7 Å². The van der Waals surface area contributed by atoms with Gasteiger partial charge in [0.05, 0.1) is 12.8 Å². The molecule has 30 heavy (non-hydrogen) atoms. The second kappa shape index (κ2) is 8.96. The number of benzene rings is 2. The van der Waals surface area contributed by atoms with Crippen molar-refractivity contribution in [2.75, 3.05) is 0 Å². The minimum Gasteiger partial charge on any atom is -0.267 e. The Bertz CT molecular complexity index is 1150. The van der Waals surface area contributed by atoms with E-state index in [1.165, 1.54) is 0 Å². The predicted octanol–water partition coefficient (Wildman–Crippen LogP) is 4.07. The molecule has 1 N–H and O–H groups in total. The average Bonchev–Trinajstić information content (AvgIpc) is 3.18. The average molecular weight is 395 g/mol. The molecule has 6 heteroatoms. The Hall–Kier alpha value is -4.06. The van der Waals surface area contributed by atoms with E-state index in [2.05, 4.69) is 27.6 Å². The standard InChI is InChI=1S/C24H21N5O/c1-18-9-11-20(12-10-18)24(30)27-26-15-22-17-29(16-19-6-3-2-4-7-19)28-23(22)21-8-5-13-25-14-21/h2-15,17H,16H2,1H3,(H,27,30)/b26-15-. The van der Waals surface area contributed by atoms with E-state index in [0.717, 1.165) is 27.9 Å². The summed E-state index contributed by atoms with van der Waals surface area (Å²) < 4.78 is 1.86. The van der Waals surface area contributed by atoms with Gasteiger partial charge >= 0.3 is 0 Å². The highest BCUT2D eigenvalue weighted by atomic mass is 16.2. The third-order valence-corrected chi connectivity index (χ3v) is 4.60. The summed E-state index contributed by atoms with van der Waals surface area (Å²) in [6.07, 6.45) is 7.01. The number of nitrogens with one attached hydrogen (secondary N) is 1. The summed E-state index contributed by atoms with van der Waals surface area (Å²) in [6.45, 7) is 2.62. The van der Waals surface area contributed by atoms with Crippen LogP contribution in [0.4, 0.5) is 0 Å². The Kier molecular flexibility index (Phi) is 5.75. The number of aromatic nitrogens is 3. The summed E-state index contributed by atoms with van der Waals surface area (Å²) in [5.41, 5.74) is 7.83. The lowest BCUT2D eigenvalue weighted by molar-refractivity contribution is 0.0955. The van der Waals surface area contributed by atoms with E-state index in [4.69, 9.17) is 5.10 Å². The highest BCUT2D eigenvalue weighted by molar-refractivity contribution is 5.95. The molecule has 0 saturated heterocycles. The molecule has 6 nitrogen and oxygen atoms in total. The van der Waals surface area contributed by atoms with Crippen LogP contribution in [0.3, 0.4) is 0 Å². The fraction of sp³-hybridized carbons (Fsp3) is 0.0833. The maximum Gasteiger partial charge on any atom is 0.271 e. The van der Waals surface area contributed by atoms with Gasteiger partial charge in [-0.2, -0.15) is 10.2 Å². The number of carbonyl (C=O) groups excluding carboxylic acids is 1. The first kappa shape index (κ1) is 19.3. The van der Waals surface area contributed by atoms with Gasteiger partial charge in [0.15, 0.2) is 0 Å². The first-order chi connectivity index (χ1) is 14.7. The van der Waals surface area contributed by atoms with E-state index >= 15 is 0 Å². The van der Waals surface area contributed by atoms with Gasteiger partial charge in [0.25, 0.3) is 5.91 Å². The smallest absolute Gasteiger partial charge is 0.267 e. The molecule has 2 heterocycles. The Morgan fingerprint density at radius 3 is 2.60 bits per heavy atom. The number of carbonyl (C=O) groups is 1. The van der Waals surface area contributed by atoms with Gasteiger partial charge in [0.2, 0.25) is 0 Å². The normalized spacial score (nSPS) is 11.0. The molecule has 0 atom stereocenters. The van der Waals surface area contributed by atoms with Crippen LogP contribution in [0.1, 0.15) is 27.0 Å². The molecule has 0 aliphatic rings. The maximum absolute atomic E-state index is 12.3. The summed E-state index contributed by atoms with van der Waals surface area (Å²) in [5, 5.41) is 8.86. The number of pyridine rings is 1. The number of hydrogen-bond donors (Lipinski definition) is 1. The van der Waals surface area contributed by atoms with Gasteiger partial charge in [-0.05, 0) is 36.8 Å². The van der Waals surface area contributed by atoms with Crippen molar-refractivity contribution in [2.24, 2.45) is 5.10 Å². The van der Waals surface area contributed by atoms with Crippen molar-refractivity contribution in [3.8, 4) is 11.3 Å². The molecule has 4 rings (SSSR count). The second-order valence-electron chi connectivity index (χ2n) is 6.92. The highest BCUT2D eigenvalue weighted by Gasteiger charge is 2.11. The molecule has 0 aliphatic carbocycles. The van der Waals surface area contributed by atoms with Gasteiger partial charge in [0.1, 0.15) is 5.69 Å². The predicted molar refractivity (Wildman–Crippen MR) is 117 cm³/mol. The first-order valence-electron chi connectivity index (χ1n) is 9.61. The summed E-state index contributed by atoms with van der Waals surface area (Å²) >= 11 is 0. The molecule has 1 amide bonds. The van der Waals surface area contributed by atoms with Crippen LogP contribution < -0.4 is 5.43 Å². The van der Waals surface area contributed by atoms with Crippen molar-refractivity contribution < 1.29 is 4.79 Å². The number of aryl methyl sites for hydroxylation is 1. The Labute approximate surface area is 174 Å². The molecule has 4 aromatic rings. The lowest BCUT2D eigenvalue weighted by Crippen LogP contribution is -2.17. The molecule has 0 unspecified atom stereocenters. The zero-order valence-corrected chi connectivity index (χ0v) is 16.6. The largest absolute Gasteiger partial charge is 0.271 e. The summed E-state index contributed by atoms with van der Waals surface area (Å²) in [4.78, 5) is 16.5. The van der Waals surface area contributed by atoms with Crippen LogP contribution in [-0.4, -0.2) is 26.9 Å². The Morgan fingerprint density at radius 1 is 1.07 bits per heavy atom. The van der Waals surface area contributed by atoms with Gasteiger partial charge in [-0.3, -0.25) is 14.5 Å². The molecule has 0 bridgehead atoms. The van der Waals surface area contributed by atoms with Crippen LogP contribution in [0.25, 0.3) is 11.3 Å². The van der Waals surface area contributed by atoms with Gasteiger partial charge in [0, 0.05) is 35.3 Å². The van der Waals surface area contributed by atoms with E-state index in [0.29, 0.717) is 12.1 Å². The zero-order valence-electron chi connectivity index (χ0n) is 16.6. The van der Waals surface area contributed by atoms with Crippen molar-refractivity contribution in [1.82, 2.24) is 20.2 Å². The quantitative estimate of drug-likeness (QED) is 0.395. The number of rotatable bonds is 6. The van der Waals surface area contributed by atoms with E-state index in [-0.39, 0.29) is 5.91 Å². The minimum atomic E-state index is -0.258. The van der Waals surface area contributed by atoms with Crippen molar-refractivity contribution in [2.45, 2.75) is 13.5 Å². The van der Waals surface area contributed by atoms with Crippen LogP contribution in [-0.2, 0) is 6.54 Å². The topological polar surface area (TPSA) is 72.2 Å². The second-order valence-corrected chi connectivity index (χ2v) is 6.92. The molecule has 2 aromatic carbocycles. The molecule has 2 aromatic heterocycles. The lowest BCUT2D eigenvalue weighted by Gasteiger charge is -2.01. The molecule has 0 saturated carbocycles. The third kappa shape index (κ3) is 4.67. The Balaban J connectivity index is 1.56. The number of hydrogen-bond acceptors (Lipinski definition) is 4. The van der Waals surface area contributed by atoms with Crippen molar-refractivity contribution >= 4 is 12.1 Å². The van der Waals surface area contributed by atoms with Crippen molar-refractivity contribution in [1.29, 1.82) is 0 Å². The summed E-state index contributed by atoms with van der Waals surface area (Å²) in [7, 11) is 0. The molecular formula is C24H21N5O. The van der Waals surface area contributed by atoms with E-state index < -0.39 is 0 Å².